The van der Waals surface area contributed by atoms with Crippen LogP contribution in [0.2, 0.25) is 0 Å². The molecule has 0 heterocycles. The number of carbonyl (C=O) groups excluding carboxylic acids is 1. The molecular formula is C28H41NO4S. The number of carboxylic acids is 1. The van der Waals surface area contributed by atoms with E-state index in [2.05, 4.69) is 38.3 Å². The van der Waals surface area contributed by atoms with Crippen LogP contribution in [0, 0.1) is 29.1 Å². The van der Waals surface area contributed by atoms with Crippen molar-refractivity contribution in [2.75, 3.05) is 0 Å². The van der Waals surface area contributed by atoms with E-state index in [-0.39, 0.29) is 34.3 Å². The smallest absolute Gasteiger partial charge is 0.344 e. The number of aliphatic hydroxyl groups is 1. The van der Waals surface area contributed by atoms with Gasteiger partial charge in [0.1, 0.15) is 4.91 Å². The van der Waals surface area contributed by atoms with Gasteiger partial charge in [0.15, 0.2) is 0 Å². The highest BCUT2D eigenvalue weighted by Crippen LogP contribution is 2.36. The molecule has 34 heavy (non-hydrogen) atoms. The molecule has 0 aromatic heterocycles. The number of hydrogen-bond donors (Lipinski definition) is 2. The van der Waals surface area contributed by atoms with E-state index >= 15 is 0 Å². The Bertz CT molecular complexity index is 907. The minimum atomic E-state index is -1.08. The molecule has 1 fully saturated rings. The lowest BCUT2D eigenvalue weighted by Gasteiger charge is -2.38. The summed E-state index contributed by atoms with van der Waals surface area (Å²) in [5.74, 6) is 5.60. The lowest BCUT2D eigenvalue weighted by molar-refractivity contribution is -0.134. The predicted molar refractivity (Wildman–Crippen MR) is 140 cm³/mol. The highest BCUT2D eigenvalue weighted by molar-refractivity contribution is 8.07. The first-order valence-electron chi connectivity index (χ1n) is 12.3. The van der Waals surface area contributed by atoms with Gasteiger partial charge in [-0.2, -0.15) is 0 Å². The van der Waals surface area contributed by atoms with Gasteiger partial charge < -0.3 is 15.1 Å². The van der Waals surface area contributed by atoms with Crippen LogP contribution in [0.5, 0.6) is 0 Å². The van der Waals surface area contributed by atoms with Crippen molar-refractivity contribution in [1.29, 1.82) is 0 Å². The van der Waals surface area contributed by atoms with Gasteiger partial charge in [-0.3, -0.25) is 4.79 Å². The maximum Gasteiger partial charge on any atom is 0.344 e. The molecule has 188 valence electrons. The minimum absolute atomic E-state index is 0.0329. The summed E-state index contributed by atoms with van der Waals surface area (Å²) in [5.41, 5.74) is 1.59. The van der Waals surface area contributed by atoms with E-state index in [1.807, 2.05) is 20.8 Å². The summed E-state index contributed by atoms with van der Waals surface area (Å²) >= 11 is 1.02. The molecule has 2 N–H and O–H groups in total. The monoisotopic (exact) mass is 487 g/mol. The molecule has 0 spiro atoms. The SMILES string of the molecule is C=C(C#CC(C)(C)C)SC(C(=O)O)=C(C)N(C(=O)CC1CC=C(C)CC1C)C1CCC(O)CC1. The first kappa shape index (κ1) is 28.3. The van der Waals surface area contributed by atoms with Crippen molar-refractivity contribution >= 4 is 23.6 Å². The van der Waals surface area contributed by atoms with Gasteiger partial charge in [-0.25, -0.2) is 4.79 Å². The molecule has 2 atom stereocenters. The molecule has 2 aliphatic carbocycles. The number of nitrogens with zero attached hydrogens (tertiary/aromatic N) is 1. The largest absolute Gasteiger partial charge is 0.477 e. The van der Waals surface area contributed by atoms with Crippen LogP contribution in [-0.2, 0) is 9.59 Å². The van der Waals surface area contributed by atoms with Crippen molar-refractivity contribution in [2.24, 2.45) is 17.3 Å². The number of amides is 1. The number of aliphatic carboxylic acids is 1. The zero-order valence-electron chi connectivity index (χ0n) is 21.6. The van der Waals surface area contributed by atoms with Crippen molar-refractivity contribution in [3.63, 3.8) is 0 Å². The van der Waals surface area contributed by atoms with Crippen molar-refractivity contribution in [3.8, 4) is 11.8 Å². The Kier molecular flexibility index (Phi) is 10.1. The molecule has 1 saturated carbocycles. The summed E-state index contributed by atoms with van der Waals surface area (Å²) in [5, 5.41) is 20.0. The van der Waals surface area contributed by atoms with E-state index in [9.17, 15) is 19.8 Å². The molecule has 0 saturated heterocycles. The fraction of sp³-hybridized carbons (Fsp3) is 0.643. The topological polar surface area (TPSA) is 77.8 Å². The Morgan fingerprint density at radius 2 is 1.85 bits per heavy atom. The Morgan fingerprint density at radius 3 is 2.38 bits per heavy atom. The Labute approximate surface area is 209 Å². The molecule has 2 aliphatic rings. The third-order valence-corrected chi connectivity index (χ3v) is 7.66. The minimum Gasteiger partial charge on any atom is -0.477 e. The molecule has 0 bridgehead atoms. The van der Waals surface area contributed by atoms with Gasteiger partial charge in [-0.1, -0.05) is 48.8 Å². The maximum atomic E-state index is 13.7. The molecule has 0 radical (unpaired) electrons. The first-order valence-corrected chi connectivity index (χ1v) is 13.1. The van der Waals surface area contributed by atoms with E-state index in [0.717, 1.165) is 24.6 Å². The Balaban J connectivity index is 2.36. The number of allylic oxidation sites excluding steroid dienone is 4. The van der Waals surface area contributed by atoms with E-state index in [4.69, 9.17) is 0 Å². The summed E-state index contributed by atoms with van der Waals surface area (Å²) < 4.78 is 0. The quantitative estimate of drug-likeness (QED) is 0.257. The lowest BCUT2D eigenvalue weighted by Crippen LogP contribution is -2.43. The third kappa shape index (κ3) is 8.36. The fourth-order valence-corrected chi connectivity index (χ4v) is 5.40. The second kappa shape index (κ2) is 12.1. The van der Waals surface area contributed by atoms with Crippen LogP contribution >= 0.6 is 11.8 Å². The van der Waals surface area contributed by atoms with Gasteiger partial charge in [-0.15, -0.1) is 0 Å². The van der Waals surface area contributed by atoms with Crippen molar-refractivity contribution in [1.82, 2.24) is 4.90 Å². The Morgan fingerprint density at radius 1 is 1.24 bits per heavy atom. The van der Waals surface area contributed by atoms with Crippen LogP contribution in [0.3, 0.4) is 0 Å². The number of thioether (sulfide) groups is 1. The lowest BCUT2D eigenvalue weighted by atomic mass is 9.79. The summed E-state index contributed by atoms with van der Waals surface area (Å²) in [6, 6.07) is -0.115. The number of rotatable bonds is 7. The molecule has 0 aliphatic heterocycles. The standard InChI is InChI=1S/C28H41NO4S/c1-18-8-9-22(19(2)16-18)17-25(31)29(23-10-12-24(30)13-11-23)21(4)26(27(32)33)34-20(3)14-15-28(5,6)7/h8,19,22-24,30H,3,9-13,16-17H2,1-2,4-7H3,(H,32,33). The van der Waals surface area contributed by atoms with Gasteiger partial charge in [-0.05, 0) is 85.0 Å². The Hall–Kier alpha value is -1.97. The summed E-state index contributed by atoms with van der Waals surface area (Å²) in [6.45, 7) is 15.9. The average Bonchev–Trinajstić information content (AvgIpc) is 2.73. The van der Waals surface area contributed by atoms with Crippen LogP contribution in [-0.4, -0.2) is 39.1 Å². The zero-order valence-corrected chi connectivity index (χ0v) is 22.4. The van der Waals surface area contributed by atoms with E-state index < -0.39 is 5.97 Å². The molecule has 0 aromatic rings. The van der Waals surface area contributed by atoms with Crippen molar-refractivity contribution in [3.05, 3.63) is 33.7 Å². The predicted octanol–water partition coefficient (Wildman–Crippen LogP) is 6.11. The average molecular weight is 488 g/mol. The summed E-state index contributed by atoms with van der Waals surface area (Å²) in [4.78, 5) is 28.2. The van der Waals surface area contributed by atoms with Crippen LogP contribution < -0.4 is 0 Å². The normalized spacial score (nSPS) is 25.9. The highest BCUT2D eigenvalue weighted by atomic mass is 32.2. The zero-order chi connectivity index (χ0) is 25.6. The number of carbonyl (C=O) groups is 2. The number of aliphatic hydroxyl groups excluding tert-OH is 1. The van der Waals surface area contributed by atoms with Crippen LogP contribution in [0.25, 0.3) is 0 Å². The molecule has 6 heteroatoms. The van der Waals surface area contributed by atoms with Gasteiger partial charge in [0.2, 0.25) is 5.91 Å². The summed E-state index contributed by atoms with van der Waals surface area (Å²) in [7, 11) is 0. The fourth-order valence-electron chi connectivity index (χ4n) is 4.72. The van der Waals surface area contributed by atoms with E-state index in [1.165, 1.54) is 5.57 Å². The maximum absolute atomic E-state index is 13.7. The third-order valence-electron chi connectivity index (χ3n) is 6.64. The molecule has 2 unspecified atom stereocenters. The number of hydrogen-bond acceptors (Lipinski definition) is 4. The van der Waals surface area contributed by atoms with Gasteiger partial charge in [0.05, 0.1) is 11.0 Å². The second-order valence-electron chi connectivity index (χ2n) is 10.9. The summed E-state index contributed by atoms with van der Waals surface area (Å²) in [6.07, 6.45) is 6.67. The molecule has 0 aromatic carbocycles. The van der Waals surface area contributed by atoms with Gasteiger partial charge in [0.25, 0.3) is 0 Å². The molecule has 1 amide bonds. The van der Waals surface area contributed by atoms with Crippen molar-refractivity contribution < 1.29 is 19.8 Å². The molecular weight excluding hydrogens is 446 g/mol. The highest BCUT2D eigenvalue weighted by Gasteiger charge is 2.34. The van der Waals surface area contributed by atoms with Gasteiger partial charge >= 0.3 is 5.97 Å². The molecule has 2 rings (SSSR count). The van der Waals surface area contributed by atoms with Gasteiger partial charge in [0, 0.05) is 23.6 Å². The van der Waals surface area contributed by atoms with Crippen molar-refractivity contribution in [2.45, 2.75) is 98.6 Å². The number of carboxylic acid groups (broad SMARTS) is 1. The van der Waals surface area contributed by atoms with E-state index in [0.29, 0.717) is 48.6 Å². The van der Waals surface area contributed by atoms with Crippen LogP contribution in [0.4, 0.5) is 0 Å². The first-order chi connectivity index (χ1) is 15.8. The van der Waals surface area contributed by atoms with Crippen LogP contribution in [0.15, 0.2) is 33.7 Å². The molecule has 5 nitrogen and oxygen atoms in total. The van der Waals surface area contributed by atoms with E-state index in [1.54, 1.807) is 11.8 Å². The van der Waals surface area contributed by atoms with Crippen LogP contribution in [0.1, 0.15) is 86.5 Å². The second-order valence-corrected chi connectivity index (χ2v) is 12.0.